The SMILES string of the molecule is CCOc1cc(CSc2nnnn2C)ccc1[N+](=O)[O-]. The minimum absolute atomic E-state index is 0.0269. The minimum Gasteiger partial charge on any atom is -0.487 e. The van der Waals surface area contributed by atoms with Gasteiger partial charge in [0.05, 0.1) is 11.5 Å². The topological polar surface area (TPSA) is 96.0 Å². The molecule has 0 aliphatic rings. The lowest BCUT2D eigenvalue weighted by Gasteiger charge is -2.06. The highest BCUT2D eigenvalue weighted by atomic mass is 32.2. The number of hydrogen-bond acceptors (Lipinski definition) is 7. The van der Waals surface area contributed by atoms with Gasteiger partial charge in [-0.25, -0.2) is 4.68 Å². The molecule has 1 heterocycles. The monoisotopic (exact) mass is 295 g/mol. The van der Waals surface area contributed by atoms with E-state index in [0.717, 1.165) is 5.56 Å². The molecule has 0 bridgehead atoms. The number of tetrazole rings is 1. The molecule has 0 spiro atoms. The number of nitro benzene ring substituents is 1. The second-order valence-electron chi connectivity index (χ2n) is 3.87. The van der Waals surface area contributed by atoms with Gasteiger partial charge < -0.3 is 4.74 Å². The first-order valence-corrected chi connectivity index (χ1v) is 6.85. The third-order valence-electron chi connectivity index (χ3n) is 2.47. The number of nitro groups is 1. The molecule has 2 aromatic rings. The summed E-state index contributed by atoms with van der Waals surface area (Å²) in [5, 5.41) is 22.7. The van der Waals surface area contributed by atoms with Gasteiger partial charge in [0.15, 0.2) is 5.75 Å². The van der Waals surface area contributed by atoms with Gasteiger partial charge in [0, 0.05) is 18.9 Å². The van der Waals surface area contributed by atoms with Crippen molar-refractivity contribution in [2.24, 2.45) is 7.05 Å². The number of benzene rings is 1. The van der Waals surface area contributed by atoms with Crippen molar-refractivity contribution < 1.29 is 9.66 Å². The first kappa shape index (κ1) is 14.3. The summed E-state index contributed by atoms with van der Waals surface area (Å²) in [6.45, 7) is 2.17. The fourth-order valence-electron chi connectivity index (χ4n) is 1.56. The molecule has 0 N–H and O–H groups in total. The van der Waals surface area contributed by atoms with E-state index in [1.165, 1.54) is 17.8 Å². The Balaban J connectivity index is 2.14. The molecular weight excluding hydrogens is 282 g/mol. The second-order valence-corrected chi connectivity index (χ2v) is 4.81. The van der Waals surface area contributed by atoms with E-state index in [2.05, 4.69) is 15.5 Å². The summed E-state index contributed by atoms with van der Waals surface area (Å²) in [5.41, 5.74) is 0.882. The van der Waals surface area contributed by atoms with Gasteiger partial charge in [-0.1, -0.05) is 17.8 Å². The Kier molecular flexibility index (Phi) is 4.51. The van der Waals surface area contributed by atoms with Gasteiger partial charge in [-0.05, 0) is 29.0 Å². The number of ether oxygens (including phenoxy) is 1. The Morgan fingerprint density at radius 2 is 2.30 bits per heavy atom. The third kappa shape index (κ3) is 3.23. The highest BCUT2D eigenvalue weighted by Crippen LogP contribution is 2.30. The molecule has 0 aliphatic heterocycles. The predicted molar refractivity (Wildman–Crippen MR) is 72.6 cm³/mol. The van der Waals surface area contributed by atoms with Gasteiger partial charge >= 0.3 is 5.69 Å². The highest BCUT2D eigenvalue weighted by molar-refractivity contribution is 7.98. The van der Waals surface area contributed by atoms with Crippen LogP contribution in [-0.2, 0) is 12.8 Å². The molecule has 0 amide bonds. The van der Waals surface area contributed by atoms with E-state index in [4.69, 9.17) is 4.74 Å². The summed E-state index contributed by atoms with van der Waals surface area (Å²) >= 11 is 1.45. The minimum atomic E-state index is -0.450. The highest BCUT2D eigenvalue weighted by Gasteiger charge is 2.15. The van der Waals surface area contributed by atoms with Crippen molar-refractivity contribution in [3.05, 3.63) is 33.9 Å². The van der Waals surface area contributed by atoms with Gasteiger partial charge in [0.1, 0.15) is 0 Å². The fourth-order valence-corrected chi connectivity index (χ4v) is 2.35. The van der Waals surface area contributed by atoms with Crippen LogP contribution in [-0.4, -0.2) is 31.7 Å². The van der Waals surface area contributed by atoms with E-state index in [0.29, 0.717) is 17.5 Å². The van der Waals surface area contributed by atoms with E-state index in [9.17, 15) is 10.1 Å². The molecule has 1 aromatic carbocycles. The standard InChI is InChI=1S/C11H13N5O3S/c1-3-19-10-6-8(4-5-9(10)16(17)18)7-20-11-12-13-14-15(11)2/h4-6H,3,7H2,1-2H3. The average molecular weight is 295 g/mol. The summed E-state index contributed by atoms with van der Waals surface area (Å²) in [7, 11) is 1.75. The van der Waals surface area contributed by atoms with Crippen LogP contribution in [0.3, 0.4) is 0 Å². The summed E-state index contributed by atoms with van der Waals surface area (Å²) < 4.78 is 6.87. The van der Waals surface area contributed by atoms with Crippen LogP contribution in [0.2, 0.25) is 0 Å². The molecule has 0 atom stereocenters. The van der Waals surface area contributed by atoms with Crippen molar-refractivity contribution in [1.29, 1.82) is 0 Å². The predicted octanol–water partition coefficient (Wildman–Crippen LogP) is 1.81. The molecule has 2 rings (SSSR count). The average Bonchev–Trinajstić information content (AvgIpc) is 2.82. The van der Waals surface area contributed by atoms with E-state index in [1.54, 1.807) is 30.8 Å². The lowest BCUT2D eigenvalue weighted by Crippen LogP contribution is -1.98. The molecule has 0 unspecified atom stereocenters. The van der Waals surface area contributed by atoms with Crippen molar-refractivity contribution >= 4 is 17.4 Å². The number of rotatable bonds is 6. The van der Waals surface area contributed by atoms with Gasteiger partial charge in [-0.15, -0.1) is 5.10 Å². The Bertz CT molecular complexity index is 616. The molecule has 8 nitrogen and oxygen atoms in total. The quantitative estimate of drug-likeness (QED) is 0.455. The maximum Gasteiger partial charge on any atom is 0.310 e. The third-order valence-corrected chi connectivity index (χ3v) is 3.55. The second kappa shape index (κ2) is 6.33. The molecule has 20 heavy (non-hydrogen) atoms. The molecule has 0 radical (unpaired) electrons. The zero-order chi connectivity index (χ0) is 14.5. The maximum atomic E-state index is 10.9. The van der Waals surface area contributed by atoms with E-state index >= 15 is 0 Å². The lowest BCUT2D eigenvalue weighted by molar-refractivity contribution is -0.385. The van der Waals surface area contributed by atoms with E-state index in [1.807, 2.05) is 0 Å². The van der Waals surface area contributed by atoms with Gasteiger partial charge in [-0.3, -0.25) is 10.1 Å². The Morgan fingerprint density at radius 1 is 1.50 bits per heavy atom. The number of hydrogen-bond donors (Lipinski definition) is 0. The van der Waals surface area contributed by atoms with Crippen LogP contribution >= 0.6 is 11.8 Å². The van der Waals surface area contributed by atoms with Crippen LogP contribution in [0, 0.1) is 10.1 Å². The Morgan fingerprint density at radius 3 is 2.90 bits per heavy atom. The van der Waals surface area contributed by atoms with Crippen LogP contribution in [0.5, 0.6) is 5.75 Å². The van der Waals surface area contributed by atoms with Gasteiger partial charge in [0.2, 0.25) is 5.16 Å². The number of thioether (sulfide) groups is 1. The summed E-state index contributed by atoms with van der Waals surface area (Å²) in [5.74, 6) is 0.887. The largest absolute Gasteiger partial charge is 0.487 e. The van der Waals surface area contributed by atoms with Gasteiger partial charge in [-0.2, -0.15) is 0 Å². The van der Waals surface area contributed by atoms with Crippen LogP contribution in [0.1, 0.15) is 12.5 Å². The first-order valence-electron chi connectivity index (χ1n) is 5.87. The first-order chi connectivity index (χ1) is 9.61. The fraction of sp³-hybridized carbons (Fsp3) is 0.364. The van der Waals surface area contributed by atoms with Crippen LogP contribution in [0.25, 0.3) is 0 Å². The summed E-state index contributed by atoms with van der Waals surface area (Å²) in [4.78, 5) is 10.4. The summed E-state index contributed by atoms with van der Waals surface area (Å²) in [6, 6.07) is 4.84. The zero-order valence-corrected chi connectivity index (χ0v) is 11.8. The number of nitrogens with zero attached hydrogens (tertiary/aromatic N) is 5. The van der Waals surface area contributed by atoms with Crippen molar-refractivity contribution in [2.75, 3.05) is 6.61 Å². The Hall–Kier alpha value is -2.16. The lowest BCUT2D eigenvalue weighted by atomic mass is 10.2. The molecule has 1 aromatic heterocycles. The molecule has 0 fully saturated rings. The number of aryl methyl sites for hydroxylation is 1. The van der Waals surface area contributed by atoms with Crippen LogP contribution in [0.15, 0.2) is 23.4 Å². The van der Waals surface area contributed by atoms with Crippen molar-refractivity contribution in [3.63, 3.8) is 0 Å². The smallest absolute Gasteiger partial charge is 0.310 e. The Labute approximate surface area is 119 Å². The number of aromatic nitrogens is 4. The molecule has 9 heteroatoms. The van der Waals surface area contributed by atoms with E-state index in [-0.39, 0.29) is 11.4 Å². The normalized spacial score (nSPS) is 10.5. The molecule has 0 aliphatic carbocycles. The maximum absolute atomic E-state index is 10.9. The van der Waals surface area contributed by atoms with Crippen molar-refractivity contribution in [2.45, 2.75) is 17.8 Å². The molecule has 106 valence electrons. The summed E-state index contributed by atoms with van der Waals surface area (Å²) in [6.07, 6.45) is 0. The van der Waals surface area contributed by atoms with Crippen molar-refractivity contribution in [3.8, 4) is 5.75 Å². The molecule has 0 saturated heterocycles. The van der Waals surface area contributed by atoms with Crippen LogP contribution < -0.4 is 4.74 Å². The molecule has 0 saturated carbocycles. The molecular formula is C11H13N5O3S. The van der Waals surface area contributed by atoms with E-state index < -0.39 is 4.92 Å². The van der Waals surface area contributed by atoms with Crippen LogP contribution in [0.4, 0.5) is 5.69 Å². The van der Waals surface area contributed by atoms with Gasteiger partial charge in [0.25, 0.3) is 0 Å². The van der Waals surface area contributed by atoms with Crippen molar-refractivity contribution in [1.82, 2.24) is 20.2 Å². The zero-order valence-electron chi connectivity index (χ0n) is 11.0.